The molecule has 0 spiro atoms. The highest BCUT2D eigenvalue weighted by Gasteiger charge is 2.25. The van der Waals surface area contributed by atoms with Crippen LogP contribution in [0.1, 0.15) is 17.3 Å². The van der Waals surface area contributed by atoms with E-state index in [0.29, 0.717) is 5.13 Å². The minimum atomic E-state index is -1.38. The van der Waals surface area contributed by atoms with Gasteiger partial charge in [-0.15, -0.1) is 0 Å². The van der Waals surface area contributed by atoms with Gasteiger partial charge in [-0.25, -0.2) is 14.2 Å². The molecule has 3 aromatic carbocycles. The van der Waals surface area contributed by atoms with Crippen molar-refractivity contribution in [2.45, 2.75) is 19.1 Å². The molecule has 4 rings (SSSR count). The standard InChI is InChI=1S/C24H20FN3O4S/c1-13(29)21(23(31)32)28-22(30)16-4-2-14(3-5-16)15-6-9-18(10-7-15)26-24-27-19-11-8-17(25)12-20(19)33-24/h2-13,21,29H,1H3,(H,26,27)(H,28,30)(H,31,32)/t13-,21+/m1/s1. The lowest BCUT2D eigenvalue weighted by Gasteiger charge is -2.17. The summed E-state index contributed by atoms with van der Waals surface area (Å²) >= 11 is 1.37. The second-order valence-corrected chi connectivity index (χ2v) is 8.47. The largest absolute Gasteiger partial charge is 0.480 e. The van der Waals surface area contributed by atoms with Gasteiger partial charge in [-0.2, -0.15) is 0 Å². The van der Waals surface area contributed by atoms with Gasteiger partial charge in [0.25, 0.3) is 5.91 Å². The fraction of sp³-hybridized carbons (Fsp3) is 0.125. The Labute approximate surface area is 192 Å². The Morgan fingerprint density at radius 1 is 1.00 bits per heavy atom. The number of halogens is 1. The van der Waals surface area contributed by atoms with Crippen molar-refractivity contribution in [3.8, 4) is 11.1 Å². The Bertz CT molecular complexity index is 1300. The average Bonchev–Trinajstić information content (AvgIpc) is 3.18. The van der Waals surface area contributed by atoms with Gasteiger partial charge in [0, 0.05) is 11.3 Å². The molecular formula is C24H20FN3O4S. The van der Waals surface area contributed by atoms with Crippen molar-refractivity contribution in [3.63, 3.8) is 0 Å². The van der Waals surface area contributed by atoms with Crippen molar-refractivity contribution in [1.29, 1.82) is 0 Å². The first-order valence-corrected chi connectivity index (χ1v) is 10.9. The van der Waals surface area contributed by atoms with Crippen LogP contribution in [0.25, 0.3) is 21.3 Å². The smallest absolute Gasteiger partial charge is 0.328 e. The normalized spacial score (nSPS) is 12.8. The molecule has 9 heteroatoms. The van der Waals surface area contributed by atoms with Crippen molar-refractivity contribution in [2.24, 2.45) is 0 Å². The van der Waals surface area contributed by atoms with Gasteiger partial charge in [-0.05, 0) is 60.5 Å². The number of hydrogen-bond acceptors (Lipinski definition) is 6. The molecule has 1 heterocycles. The van der Waals surface area contributed by atoms with E-state index >= 15 is 0 Å². The van der Waals surface area contributed by atoms with Crippen LogP contribution in [0.4, 0.5) is 15.2 Å². The first-order chi connectivity index (χ1) is 15.8. The van der Waals surface area contributed by atoms with Crippen LogP contribution >= 0.6 is 11.3 Å². The van der Waals surface area contributed by atoms with Gasteiger partial charge < -0.3 is 20.8 Å². The molecule has 0 saturated heterocycles. The zero-order valence-electron chi connectivity index (χ0n) is 17.4. The molecule has 4 aromatic rings. The highest BCUT2D eigenvalue weighted by molar-refractivity contribution is 7.22. The number of carboxylic acid groups (broad SMARTS) is 1. The van der Waals surface area contributed by atoms with Crippen LogP contribution in [0.15, 0.2) is 66.7 Å². The maximum atomic E-state index is 13.4. The lowest BCUT2D eigenvalue weighted by molar-refractivity contribution is -0.141. The number of hydrogen-bond donors (Lipinski definition) is 4. The topological polar surface area (TPSA) is 112 Å². The molecule has 2 atom stereocenters. The number of carbonyl (C=O) groups is 2. The van der Waals surface area contributed by atoms with Crippen LogP contribution in [0.5, 0.6) is 0 Å². The molecule has 0 aliphatic carbocycles. The lowest BCUT2D eigenvalue weighted by atomic mass is 10.0. The molecular weight excluding hydrogens is 445 g/mol. The third-order valence-corrected chi connectivity index (χ3v) is 5.94. The number of anilines is 2. The van der Waals surface area contributed by atoms with E-state index in [9.17, 15) is 19.1 Å². The Morgan fingerprint density at radius 3 is 2.24 bits per heavy atom. The Hall–Kier alpha value is -3.82. The van der Waals surface area contributed by atoms with Gasteiger partial charge in [0.05, 0.1) is 16.3 Å². The van der Waals surface area contributed by atoms with Crippen LogP contribution in [0.3, 0.4) is 0 Å². The molecule has 0 aliphatic heterocycles. The predicted molar refractivity (Wildman–Crippen MR) is 125 cm³/mol. The monoisotopic (exact) mass is 465 g/mol. The number of aliphatic hydroxyl groups is 1. The third-order valence-electron chi connectivity index (χ3n) is 5.00. The zero-order chi connectivity index (χ0) is 23.5. The minimum absolute atomic E-state index is 0.288. The Morgan fingerprint density at radius 2 is 1.64 bits per heavy atom. The number of aliphatic carboxylic acids is 1. The van der Waals surface area contributed by atoms with E-state index in [4.69, 9.17) is 5.11 Å². The highest BCUT2D eigenvalue weighted by atomic mass is 32.1. The number of nitrogens with zero attached hydrogens (tertiary/aromatic N) is 1. The van der Waals surface area contributed by atoms with Gasteiger partial charge in [0.15, 0.2) is 11.2 Å². The van der Waals surface area contributed by atoms with Gasteiger partial charge >= 0.3 is 5.97 Å². The Balaban J connectivity index is 1.44. The number of aromatic nitrogens is 1. The number of aliphatic hydroxyl groups excluding tert-OH is 1. The zero-order valence-corrected chi connectivity index (χ0v) is 18.3. The van der Waals surface area contributed by atoms with E-state index in [1.807, 2.05) is 24.3 Å². The fourth-order valence-corrected chi connectivity index (χ4v) is 4.16. The molecule has 4 N–H and O–H groups in total. The molecule has 168 valence electrons. The molecule has 33 heavy (non-hydrogen) atoms. The fourth-order valence-electron chi connectivity index (χ4n) is 3.25. The van der Waals surface area contributed by atoms with Gasteiger partial charge in [0.1, 0.15) is 5.82 Å². The van der Waals surface area contributed by atoms with Gasteiger partial charge in [-0.1, -0.05) is 35.6 Å². The first-order valence-electron chi connectivity index (χ1n) is 10.1. The SMILES string of the molecule is C[C@@H](O)[C@H](NC(=O)c1ccc(-c2ccc(Nc3nc4ccc(F)cc4s3)cc2)cc1)C(=O)O. The van der Waals surface area contributed by atoms with Crippen molar-refractivity contribution >= 4 is 44.2 Å². The Kier molecular flexibility index (Phi) is 6.34. The summed E-state index contributed by atoms with van der Waals surface area (Å²) in [6, 6.07) is 17.4. The van der Waals surface area contributed by atoms with Crippen LogP contribution in [-0.2, 0) is 4.79 Å². The second-order valence-electron chi connectivity index (χ2n) is 7.44. The number of carboxylic acids is 1. The van der Waals surface area contributed by atoms with Crippen LogP contribution in [0, 0.1) is 5.82 Å². The van der Waals surface area contributed by atoms with Crippen LogP contribution in [-0.4, -0.2) is 39.2 Å². The maximum Gasteiger partial charge on any atom is 0.328 e. The van der Waals surface area contributed by atoms with Crippen molar-refractivity contribution in [1.82, 2.24) is 10.3 Å². The summed E-state index contributed by atoms with van der Waals surface area (Å²) in [7, 11) is 0. The molecule has 0 bridgehead atoms. The van der Waals surface area contributed by atoms with Gasteiger partial charge in [0.2, 0.25) is 0 Å². The lowest BCUT2D eigenvalue weighted by Crippen LogP contribution is -2.47. The molecule has 0 aliphatic rings. The number of amides is 1. The summed E-state index contributed by atoms with van der Waals surface area (Å²) < 4.78 is 14.1. The summed E-state index contributed by atoms with van der Waals surface area (Å²) in [5.74, 6) is -2.18. The van der Waals surface area contributed by atoms with E-state index in [2.05, 4.69) is 15.6 Å². The summed E-state index contributed by atoms with van der Waals surface area (Å²) in [5, 5.41) is 24.8. The van der Waals surface area contributed by atoms with E-state index in [1.165, 1.54) is 30.4 Å². The molecule has 0 saturated carbocycles. The predicted octanol–water partition coefficient (Wildman–Crippen LogP) is 4.41. The minimum Gasteiger partial charge on any atom is -0.480 e. The third kappa shape index (κ3) is 5.16. The molecule has 1 amide bonds. The quantitative estimate of drug-likeness (QED) is 0.322. The number of rotatable bonds is 7. The second kappa shape index (κ2) is 9.35. The molecule has 0 fully saturated rings. The molecule has 0 radical (unpaired) electrons. The number of benzene rings is 3. The number of thiazole rings is 1. The molecule has 7 nitrogen and oxygen atoms in total. The van der Waals surface area contributed by atoms with E-state index in [0.717, 1.165) is 27.0 Å². The maximum absolute atomic E-state index is 13.4. The van der Waals surface area contributed by atoms with Crippen molar-refractivity contribution in [2.75, 3.05) is 5.32 Å². The van der Waals surface area contributed by atoms with E-state index < -0.39 is 24.0 Å². The van der Waals surface area contributed by atoms with Crippen LogP contribution in [0.2, 0.25) is 0 Å². The molecule has 1 aromatic heterocycles. The van der Waals surface area contributed by atoms with Crippen molar-refractivity contribution < 1.29 is 24.2 Å². The van der Waals surface area contributed by atoms with Crippen molar-refractivity contribution in [3.05, 3.63) is 78.1 Å². The van der Waals surface area contributed by atoms with Crippen LogP contribution < -0.4 is 10.6 Å². The summed E-state index contributed by atoms with van der Waals surface area (Å²) in [6.07, 6.45) is -1.22. The first kappa shape index (κ1) is 22.4. The average molecular weight is 466 g/mol. The number of carbonyl (C=O) groups excluding carboxylic acids is 1. The number of nitrogens with one attached hydrogen (secondary N) is 2. The highest BCUT2D eigenvalue weighted by Crippen LogP contribution is 2.30. The summed E-state index contributed by atoms with van der Waals surface area (Å²) in [5.41, 5.74) is 3.64. The molecule has 0 unspecified atom stereocenters. The van der Waals surface area contributed by atoms with Gasteiger partial charge in [-0.3, -0.25) is 4.79 Å². The van der Waals surface area contributed by atoms with E-state index in [-0.39, 0.29) is 11.4 Å². The van der Waals surface area contributed by atoms with E-state index in [1.54, 1.807) is 30.3 Å². The summed E-state index contributed by atoms with van der Waals surface area (Å²) in [4.78, 5) is 27.9. The summed E-state index contributed by atoms with van der Waals surface area (Å²) in [6.45, 7) is 1.30. The number of fused-ring (bicyclic) bond motifs is 1.